The first-order chi connectivity index (χ1) is 10.6. The van der Waals surface area contributed by atoms with Crippen LogP contribution < -0.4 is 5.43 Å². The van der Waals surface area contributed by atoms with Crippen molar-refractivity contribution in [1.29, 1.82) is 0 Å². The number of benzene rings is 2. The van der Waals surface area contributed by atoms with E-state index in [9.17, 15) is 4.79 Å². The maximum absolute atomic E-state index is 12.2. The highest BCUT2D eigenvalue weighted by Crippen LogP contribution is 2.19. The summed E-state index contributed by atoms with van der Waals surface area (Å²) in [5.41, 5.74) is 4.47. The van der Waals surface area contributed by atoms with Crippen molar-refractivity contribution in [3.05, 3.63) is 69.8 Å². The van der Waals surface area contributed by atoms with Crippen LogP contribution in [0.3, 0.4) is 0 Å². The lowest BCUT2D eigenvalue weighted by molar-refractivity contribution is 0.0956. The molecule has 22 heavy (non-hydrogen) atoms. The molecule has 0 saturated heterocycles. The van der Waals surface area contributed by atoms with E-state index in [0.717, 1.165) is 10.9 Å². The van der Waals surface area contributed by atoms with Crippen LogP contribution in [0.5, 0.6) is 0 Å². The van der Waals surface area contributed by atoms with Gasteiger partial charge in [0.05, 0.1) is 22.3 Å². The Morgan fingerprint density at radius 3 is 2.86 bits per heavy atom. The van der Waals surface area contributed by atoms with Gasteiger partial charge in [-0.2, -0.15) is 5.10 Å². The predicted octanol–water partition coefficient (Wildman–Crippen LogP) is 4.24. The number of carbonyl (C=O) groups excluding carboxylic acids is 1. The van der Waals surface area contributed by atoms with Gasteiger partial charge in [0.1, 0.15) is 0 Å². The Balaban J connectivity index is 1.77. The predicted molar refractivity (Wildman–Crippen MR) is 89.8 cm³/mol. The third-order valence-corrected chi connectivity index (χ3v) is 3.73. The standard InChI is InChI=1S/C16H11Cl2N3O/c17-12-5-4-11(14(18)8-12)9-20-21-16(22)13-3-1-2-10-6-7-19-15(10)13/h1-9,19H,(H,21,22). The zero-order chi connectivity index (χ0) is 15.5. The second kappa shape index (κ2) is 6.22. The molecule has 0 radical (unpaired) electrons. The Bertz CT molecular complexity index is 871. The maximum Gasteiger partial charge on any atom is 0.273 e. The Hall–Kier alpha value is -2.30. The fourth-order valence-electron chi connectivity index (χ4n) is 2.10. The number of H-pyrrole nitrogens is 1. The Kier molecular flexibility index (Phi) is 4.13. The van der Waals surface area contributed by atoms with Gasteiger partial charge in [0.2, 0.25) is 0 Å². The quantitative estimate of drug-likeness (QED) is 0.547. The normalized spacial score (nSPS) is 11.2. The molecule has 0 aliphatic carbocycles. The summed E-state index contributed by atoms with van der Waals surface area (Å²) in [5.74, 6) is -0.297. The lowest BCUT2D eigenvalue weighted by atomic mass is 10.1. The number of aromatic nitrogens is 1. The van der Waals surface area contributed by atoms with Crippen LogP contribution >= 0.6 is 23.2 Å². The van der Waals surface area contributed by atoms with Crippen molar-refractivity contribution < 1.29 is 4.79 Å². The van der Waals surface area contributed by atoms with E-state index in [4.69, 9.17) is 23.2 Å². The van der Waals surface area contributed by atoms with Crippen LogP contribution in [0.25, 0.3) is 10.9 Å². The van der Waals surface area contributed by atoms with Crippen molar-refractivity contribution in [2.75, 3.05) is 0 Å². The third-order valence-electron chi connectivity index (χ3n) is 3.16. The first-order valence-electron chi connectivity index (χ1n) is 6.50. The number of halogens is 2. The highest BCUT2D eigenvalue weighted by atomic mass is 35.5. The maximum atomic E-state index is 12.2. The van der Waals surface area contributed by atoms with E-state index in [1.807, 2.05) is 18.2 Å². The lowest BCUT2D eigenvalue weighted by Crippen LogP contribution is -2.18. The van der Waals surface area contributed by atoms with Gasteiger partial charge in [-0.3, -0.25) is 4.79 Å². The number of hydrogen-bond acceptors (Lipinski definition) is 2. The van der Waals surface area contributed by atoms with E-state index in [1.165, 1.54) is 6.21 Å². The number of rotatable bonds is 3. The van der Waals surface area contributed by atoms with Crippen LogP contribution in [-0.4, -0.2) is 17.1 Å². The number of nitrogens with one attached hydrogen (secondary N) is 2. The largest absolute Gasteiger partial charge is 0.361 e. The van der Waals surface area contributed by atoms with E-state index in [-0.39, 0.29) is 5.91 Å². The summed E-state index contributed by atoms with van der Waals surface area (Å²) < 4.78 is 0. The number of hydrazone groups is 1. The van der Waals surface area contributed by atoms with Gasteiger partial charge in [-0.15, -0.1) is 0 Å². The fourth-order valence-corrected chi connectivity index (χ4v) is 2.56. The summed E-state index contributed by atoms with van der Waals surface area (Å²) in [5, 5.41) is 5.92. The average Bonchev–Trinajstić information content (AvgIpc) is 2.97. The molecule has 1 heterocycles. The van der Waals surface area contributed by atoms with E-state index >= 15 is 0 Å². The molecular weight excluding hydrogens is 321 g/mol. The molecule has 0 spiro atoms. The van der Waals surface area contributed by atoms with Crippen molar-refractivity contribution in [2.45, 2.75) is 0 Å². The summed E-state index contributed by atoms with van der Waals surface area (Å²) in [7, 11) is 0. The lowest BCUT2D eigenvalue weighted by Gasteiger charge is -2.02. The van der Waals surface area contributed by atoms with Gasteiger partial charge in [0.15, 0.2) is 0 Å². The molecule has 0 aliphatic heterocycles. The number of hydrogen-bond donors (Lipinski definition) is 2. The zero-order valence-corrected chi connectivity index (χ0v) is 12.8. The summed E-state index contributed by atoms with van der Waals surface area (Å²) in [6.45, 7) is 0. The van der Waals surface area contributed by atoms with E-state index in [2.05, 4.69) is 15.5 Å². The number of amides is 1. The summed E-state index contributed by atoms with van der Waals surface area (Å²) >= 11 is 11.9. The van der Waals surface area contributed by atoms with Gasteiger partial charge in [-0.25, -0.2) is 5.43 Å². The summed E-state index contributed by atoms with van der Waals surface area (Å²) in [6, 6.07) is 12.4. The molecule has 6 heteroatoms. The van der Waals surface area contributed by atoms with Gasteiger partial charge in [-0.1, -0.05) is 41.4 Å². The third kappa shape index (κ3) is 2.98. The van der Waals surface area contributed by atoms with Gasteiger partial charge < -0.3 is 4.98 Å². The highest BCUT2D eigenvalue weighted by molar-refractivity contribution is 6.36. The number of fused-ring (bicyclic) bond motifs is 1. The van der Waals surface area contributed by atoms with Crippen molar-refractivity contribution in [1.82, 2.24) is 10.4 Å². The Morgan fingerprint density at radius 2 is 2.05 bits per heavy atom. The number of para-hydroxylation sites is 1. The minimum Gasteiger partial charge on any atom is -0.361 e. The molecule has 3 aromatic rings. The van der Waals surface area contributed by atoms with Crippen LogP contribution in [0.1, 0.15) is 15.9 Å². The molecule has 0 saturated carbocycles. The fraction of sp³-hybridized carbons (Fsp3) is 0. The van der Waals surface area contributed by atoms with Crippen molar-refractivity contribution in [2.24, 2.45) is 5.10 Å². The molecule has 3 rings (SSSR count). The molecule has 0 atom stereocenters. The molecule has 110 valence electrons. The van der Waals surface area contributed by atoms with Crippen LogP contribution in [-0.2, 0) is 0 Å². The topological polar surface area (TPSA) is 57.2 Å². The smallest absolute Gasteiger partial charge is 0.273 e. The van der Waals surface area contributed by atoms with Gasteiger partial charge >= 0.3 is 0 Å². The van der Waals surface area contributed by atoms with E-state index < -0.39 is 0 Å². The second-order valence-electron chi connectivity index (χ2n) is 4.61. The van der Waals surface area contributed by atoms with Gasteiger partial charge in [0, 0.05) is 22.2 Å². The Morgan fingerprint density at radius 1 is 1.18 bits per heavy atom. The zero-order valence-electron chi connectivity index (χ0n) is 11.3. The summed E-state index contributed by atoms with van der Waals surface area (Å²) in [4.78, 5) is 15.2. The number of aromatic amines is 1. The molecule has 2 N–H and O–H groups in total. The van der Waals surface area contributed by atoms with Crippen molar-refractivity contribution in [3.8, 4) is 0 Å². The van der Waals surface area contributed by atoms with Crippen LogP contribution in [0, 0.1) is 0 Å². The number of carbonyl (C=O) groups is 1. The van der Waals surface area contributed by atoms with E-state index in [0.29, 0.717) is 21.2 Å². The molecule has 1 aromatic heterocycles. The van der Waals surface area contributed by atoms with E-state index in [1.54, 1.807) is 30.5 Å². The van der Waals surface area contributed by atoms with Gasteiger partial charge in [-0.05, 0) is 24.3 Å². The SMILES string of the molecule is O=C(NN=Cc1ccc(Cl)cc1Cl)c1cccc2cc[nH]c12. The van der Waals surface area contributed by atoms with Crippen molar-refractivity contribution in [3.63, 3.8) is 0 Å². The number of nitrogens with zero attached hydrogens (tertiary/aromatic N) is 1. The summed E-state index contributed by atoms with van der Waals surface area (Å²) in [6.07, 6.45) is 3.27. The van der Waals surface area contributed by atoms with Crippen LogP contribution in [0.2, 0.25) is 10.0 Å². The van der Waals surface area contributed by atoms with Crippen LogP contribution in [0.15, 0.2) is 53.8 Å². The molecule has 2 aromatic carbocycles. The first-order valence-corrected chi connectivity index (χ1v) is 7.25. The molecule has 0 aliphatic rings. The van der Waals surface area contributed by atoms with Crippen LogP contribution in [0.4, 0.5) is 0 Å². The molecule has 0 fully saturated rings. The highest BCUT2D eigenvalue weighted by Gasteiger charge is 2.09. The molecule has 0 bridgehead atoms. The molecule has 4 nitrogen and oxygen atoms in total. The minimum atomic E-state index is -0.297. The van der Waals surface area contributed by atoms with Gasteiger partial charge in [0.25, 0.3) is 5.91 Å². The second-order valence-corrected chi connectivity index (χ2v) is 5.46. The minimum absolute atomic E-state index is 0.297. The molecular formula is C16H11Cl2N3O. The monoisotopic (exact) mass is 331 g/mol. The average molecular weight is 332 g/mol. The van der Waals surface area contributed by atoms with Crippen molar-refractivity contribution >= 4 is 46.2 Å². The Labute approximate surface area is 136 Å². The molecule has 1 amide bonds. The first kappa shape index (κ1) is 14.6. The molecule has 0 unspecified atom stereocenters.